The first-order valence-corrected chi connectivity index (χ1v) is 13.4. The number of ether oxygens (including phenoxy) is 3. The molecule has 4 heterocycles. The summed E-state index contributed by atoms with van der Waals surface area (Å²) in [5, 5.41) is 12.1. The number of thiazole rings is 1. The number of aromatic nitrogens is 3. The molecule has 0 bridgehead atoms. The zero-order valence-corrected chi connectivity index (χ0v) is 21.6. The molecule has 0 saturated carbocycles. The van der Waals surface area contributed by atoms with E-state index in [0.717, 1.165) is 71.3 Å². The van der Waals surface area contributed by atoms with Crippen LogP contribution in [0.1, 0.15) is 49.6 Å². The summed E-state index contributed by atoms with van der Waals surface area (Å²) in [5.41, 5.74) is 3.64. The molecule has 1 aromatic carbocycles. The van der Waals surface area contributed by atoms with Gasteiger partial charge in [0, 0.05) is 66.4 Å². The van der Waals surface area contributed by atoms with Crippen molar-refractivity contribution in [2.75, 3.05) is 26.4 Å². The summed E-state index contributed by atoms with van der Waals surface area (Å²) in [6.45, 7) is 6.87. The van der Waals surface area contributed by atoms with Crippen molar-refractivity contribution in [2.45, 2.75) is 51.9 Å². The van der Waals surface area contributed by atoms with Crippen LogP contribution in [0.15, 0.2) is 36.8 Å². The summed E-state index contributed by atoms with van der Waals surface area (Å²) in [4.78, 5) is 10.8. The first-order valence-electron chi connectivity index (χ1n) is 12.6. The predicted octanol–water partition coefficient (Wildman–Crippen LogP) is 5.31. The van der Waals surface area contributed by atoms with Crippen molar-refractivity contribution in [3.63, 3.8) is 0 Å². The molecule has 2 aliphatic heterocycles. The van der Waals surface area contributed by atoms with Gasteiger partial charge < -0.3 is 29.5 Å². The Bertz CT molecular complexity index is 1230. The van der Waals surface area contributed by atoms with E-state index in [9.17, 15) is 0 Å². The molecule has 3 aromatic rings. The Morgan fingerprint density at radius 2 is 2.25 bits per heavy atom. The highest BCUT2D eigenvalue weighted by Crippen LogP contribution is 2.41. The van der Waals surface area contributed by atoms with E-state index in [1.807, 2.05) is 36.8 Å². The van der Waals surface area contributed by atoms with E-state index in [0.29, 0.717) is 25.8 Å². The van der Waals surface area contributed by atoms with Gasteiger partial charge in [-0.1, -0.05) is 6.07 Å². The Labute approximate surface area is 215 Å². The van der Waals surface area contributed by atoms with Crippen LogP contribution in [0.4, 0.5) is 0 Å². The fourth-order valence-corrected chi connectivity index (χ4v) is 5.53. The van der Waals surface area contributed by atoms with Gasteiger partial charge in [-0.2, -0.15) is 0 Å². The van der Waals surface area contributed by atoms with Crippen molar-refractivity contribution in [3.8, 4) is 27.8 Å². The van der Waals surface area contributed by atoms with Crippen LogP contribution in [0.2, 0.25) is 0 Å². The number of nitrogens with one attached hydrogen (secondary N) is 2. The summed E-state index contributed by atoms with van der Waals surface area (Å²) in [6, 6.07) is 6.39. The Hall–Kier alpha value is -3.01. The molecule has 36 heavy (non-hydrogen) atoms. The molecule has 1 atom stereocenters. The molecule has 2 N–H and O–H groups in total. The lowest BCUT2D eigenvalue weighted by molar-refractivity contribution is -0.161. The Balaban J connectivity index is 1.31. The van der Waals surface area contributed by atoms with E-state index < -0.39 is 0 Å². The summed E-state index contributed by atoms with van der Waals surface area (Å²) in [5.74, 6) is 1.70. The molecule has 2 aromatic heterocycles. The number of fused-ring (bicyclic) bond motifs is 3. The minimum atomic E-state index is -0.0879. The lowest BCUT2D eigenvalue weighted by Crippen LogP contribution is -2.25. The highest BCUT2D eigenvalue weighted by molar-refractivity contribution is 7.15. The van der Waals surface area contributed by atoms with Gasteiger partial charge in [0.15, 0.2) is 17.1 Å². The molecule has 1 unspecified atom stereocenters. The van der Waals surface area contributed by atoms with Crippen LogP contribution in [0.25, 0.3) is 27.7 Å². The SMILES string of the molecule is CC(C)n1ccnc1-c1nc2c(s1)CCOc1cc(/C(C=N)=C/NCCOC3CCCCO3)ccc1-2. The lowest BCUT2D eigenvalue weighted by Gasteiger charge is -2.22. The van der Waals surface area contributed by atoms with Crippen molar-refractivity contribution in [3.05, 3.63) is 47.2 Å². The molecule has 0 amide bonds. The van der Waals surface area contributed by atoms with Crippen molar-refractivity contribution in [1.82, 2.24) is 19.9 Å². The summed E-state index contributed by atoms with van der Waals surface area (Å²) in [7, 11) is 0. The van der Waals surface area contributed by atoms with Gasteiger partial charge in [0.25, 0.3) is 0 Å². The molecule has 0 aliphatic carbocycles. The predicted molar refractivity (Wildman–Crippen MR) is 143 cm³/mol. The van der Waals surface area contributed by atoms with Gasteiger partial charge in [-0.15, -0.1) is 11.3 Å². The number of nitrogens with zero attached hydrogens (tertiary/aromatic N) is 3. The van der Waals surface area contributed by atoms with Crippen molar-refractivity contribution < 1.29 is 14.2 Å². The monoisotopic (exact) mass is 507 g/mol. The fourth-order valence-electron chi connectivity index (χ4n) is 4.48. The van der Waals surface area contributed by atoms with Crippen LogP contribution in [-0.4, -0.2) is 53.4 Å². The average Bonchev–Trinajstić information content (AvgIpc) is 3.51. The Morgan fingerprint density at radius 3 is 3.06 bits per heavy atom. The van der Waals surface area contributed by atoms with Crippen LogP contribution >= 0.6 is 11.3 Å². The third-order valence-electron chi connectivity index (χ3n) is 6.37. The smallest absolute Gasteiger partial charge is 0.169 e. The second kappa shape index (κ2) is 11.4. The molecule has 5 rings (SSSR count). The van der Waals surface area contributed by atoms with Gasteiger partial charge in [-0.3, -0.25) is 0 Å². The van der Waals surface area contributed by atoms with E-state index in [1.54, 1.807) is 11.3 Å². The van der Waals surface area contributed by atoms with Gasteiger partial charge in [0.05, 0.1) is 18.9 Å². The van der Waals surface area contributed by atoms with Crippen molar-refractivity contribution in [1.29, 1.82) is 5.41 Å². The van der Waals surface area contributed by atoms with Crippen LogP contribution in [0.5, 0.6) is 5.75 Å². The third-order valence-corrected chi connectivity index (χ3v) is 7.48. The number of imidazole rings is 1. The first-order chi connectivity index (χ1) is 17.6. The zero-order chi connectivity index (χ0) is 24.9. The molecule has 2 aliphatic rings. The number of hydrogen-bond acceptors (Lipinski definition) is 8. The van der Waals surface area contributed by atoms with Crippen LogP contribution in [0, 0.1) is 5.41 Å². The second-order valence-electron chi connectivity index (χ2n) is 9.22. The Kier molecular flexibility index (Phi) is 7.79. The molecule has 1 fully saturated rings. The standard InChI is InChI=1S/C27H33N5O3S/c1-18(2)32-11-9-30-26(32)27-31-25-21-7-6-19(15-22(21)33-13-8-23(25)36-27)20(16-28)17-29-10-14-35-24-5-3-4-12-34-24/h6-7,9,11,15-18,24,28-29H,3-5,8,10,12-14H2,1-2H3/b20-17+,28-16?. The topological polar surface area (TPSA) is 94.3 Å². The normalized spacial score (nSPS) is 17.8. The quantitative estimate of drug-likeness (QED) is 0.301. The fraction of sp³-hybridized carbons (Fsp3) is 0.444. The lowest BCUT2D eigenvalue weighted by atomic mass is 10.0. The van der Waals surface area contributed by atoms with Gasteiger partial charge in [-0.05, 0) is 50.8 Å². The largest absolute Gasteiger partial charge is 0.492 e. The average molecular weight is 508 g/mol. The van der Waals surface area contributed by atoms with Crippen LogP contribution in [-0.2, 0) is 15.9 Å². The van der Waals surface area contributed by atoms with E-state index in [1.165, 1.54) is 11.1 Å². The number of benzene rings is 1. The van der Waals surface area contributed by atoms with E-state index in [-0.39, 0.29) is 6.29 Å². The van der Waals surface area contributed by atoms with E-state index in [4.69, 9.17) is 24.6 Å². The summed E-state index contributed by atoms with van der Waals surface area (Å²) in [6.07, 6.45) is 11.0. The number of rotatable bonds is 9. The van der Waals surface area contributed by atoms with Gasteiger partial charge >= 0.3 is 0 Å². The highest BCUT2D eigenvalue weighted by Gasteiger charge is 2.23. The van der Waals surface area contributed by atoms with Gasteiger partial charge in [0.2, 0.25) is 0 Å². The minimum Gasteiger partial charge on any atom is -0.492 e. The van der Waals surface area contributed by atoms with Crippen molar-refractivity contribution >= 4 is 23.1 Å². The molecule has 0 radical (unpaired) electrons. The minimum absolute atomic E-state index is 0.0879. The highest BCUT2D eigenvalue weighted by atomic mass is 32.1. The number of hydrogen-bond donors (Lipinski definition) is 2. The molecule has 1 saturated heterocycles. The molecule has 8 nitrogen and oxygen atoms in total. The second-order valence-corrected chi connectivity index (χ2v) is 10.3. The van der Waals surface area contributed by atoms with Crippen molar-refractivity contribution in [2.24, 2.45) is 0 Å². The first kappa shape index (κ1) is 24.7. The maximum Gasteiger partial charge on any atom is 0.169 e. The van der Waals surface area contributed by atoms with Gasteiger partial charge in [-0.25, -0.2) is 9.97 Å². The maximum absolute atomic E-state index is 7.93. The summed E-state index contributed by atoms with van der Waals surface area (Å²) < 4.78 is 19.6. The zero-order valence-electron chi connectivity index (χ0n) is 20.8. The molecular formula is C27H33N5O3S. The van der Waals surface area contributed by atoms with E-state index >= 15 is 0 Å². The number of allylic oxidation sites excluding steroid dienone is 1. The molecule has 0 spiro atoms. The van der Waals surface area contributed by atoms with Crippen LogP contribution < -0.4 is 10.1 Å². The molecule has 190 valence electrons. The molecule has 9 heteroatoms. The third kappa shape index (κ3) is 5.38. The van der Waals surface area contributed by atoms with Crippen LogP contribution in [0.3, 0.4) is 0 Å². The van der Waals surface area contributed by atoms with E-state index in [2.05, 4.69) is 28.7 Å². The molecular weight excluding hydrogens is 474 g/mol. The maximum atomic E-state index is 7.93. The van der Waals surface area contributed by atoms with Gasteiger partial charge in [0.1, 0.15) is 5.75 Å². The summed E-state index contributed by atoms with van der Waals surface area (Å²) >= 11 is 1.69. The Morgan fingerprint density at radius 1 is 1.33 bits per heavy atom.